The Balaban J connectivity index is 1.45. The number of fused-ring (bicyclic) bond motifs is 2. The van der Waals surface area contributed by atoms with Crippen LogP contribution in [-0.2, 0) is 11.8 Å². The van der Waals surface area contributed by atoms with Crippen LogP contribution in [0, 0.1) is 23.0 Å². The number of nitro groups is 1. The molecule has 1 amide bonds. The van der Waals surface area contributed by atoms with Gasteiger partial charge in [-0.25, -0.2) is 0 Å². The van der Waals surface area contributed by atoms with Gasteiger partial charge in [-0.1, -0.05) is 24.3 Å². The van der Waals surface area contributed by atoms with E-state index in [1.54, 1.807) is 0 Å². The van der Waals surface area contributed by atoms with Crippen molar-refractivity contribution in [2.24, 2.45) is 5.92 Å². The fourth-order valence-electron chi connectivity index (χ4n) is 4.11. The molecule has 0 bridgehead atoms. The SMILES string of the molecule is Cc1[nH]nc(C(=O)NC[C@H]2C[C@]23CCc2ccccc23)c1[N+](=O)[O-]. The zero-order valence-corrected chi connectivity index (χ0v) is 13.3. The summed E-state index contributed by atoms with van der Waals surface area (Å²) in [6.07, 6.45) is 3.27. The summed E-state index contributed by atoms with van der Waals surface area (Å²) in [5.74, 6) is -0.0939. The minimum atomic E-state index is -0.570. The first-order valence-electron chi connectivity index (χ1n) is 8.09. The molecule has 2 N–H and O–H groups in total. The number of amides is 1. The van der Waals surface area contributed by atoms with Crippen LogP contribution in [0.25, 0.3) is 0 Å². The normalized spacial score (nSPS) is 24.0. The second-order valence-corrected chi connectivity index (χ2v) is 6.73. The number of rotatable bonds is 4. The molecule has 1 spiro atoms. The zero-order chi connectivity index (χ0) is 16.9. The van der Waals surface area contributed by atoms with Gasteiger partial charge in [-0.2, -0.15) is 5.10 Å². The van der Waals surface area contributed by atoms with Crippen molar-refractivity contribution in [2.75, 3.05) is 6.54 Å². The maximum absolute atomic E-state index is 12.3. The number of aromatic nitrogens is 2. The minimum absolute atomic E-state index is 0.140. The zero-order valence-electron chi connectivity index (χ0n) is 13.3. The minimum Gasteiger partial charge on any atom is -0.350 e. The molecular formula is C17H18N4O3. The van der Waals surface area contributed by atoms with Crippen molar-refractivity contribution in [3.63, 3.8) is 0 Å². The Kier molecular flexibility index (Phi) is 3.19. The highest BCUT2D eigenvalue weighted by Gasteiger charge is 2.57. The largest absolute Gasteiger partial charge is 0.350 e. The van der Waals surface area contributed by atoms with Crippen LogP contribution < -0.4 is 5.32 Å². The molecule has 0 radical (unpaired) electrons. The number of hydrogen-bond donors (Lipinski definition) is 2. The van der Waals surface area contributed by atoms with Gasteiger partial charge in [0, 0.05) is 12.0 Å². The quantitative estimate of drug-likeness (QED) is 0.664. The molecule has 2 aliphatic rings. The van der Waals surface area contributed by atoms with Gasteiger partial charge in [0.15, 0.2) is 0 Å². The molecule has 7 heteroatoms. The Morgan fingerprint density at radius 1 is 1.50 bits per heavy atom. The number of H-pyrrole nitrogens is 1. The lowest BCUT2D eigenvalue weighted by molar-refractivity contribution is -0.385. The Labute approximate surface area is 138 Å². The van der Waals surface area contributed by atoms with E-state index in [4.69, 9.17) is 0 Å². The van der Waals surface area contributed by atoms with E-state index in [0.717, 1.165) is 19.3 Å². The summed E-state index contributed by atoms with van der Waals surface area (Å²) >= 11 is 0. The fraction of sp³-hybridized carbons (Fsp3) is 0.412. The molecular weight excluding hydrogens is 308 g/mol. The Bertz CT molecular complexity index is 844. The first-order valence-corrected chi connectivity index (χ1v) is 8.09. The van der Waals surface area contributed by atoms with Crippen molar-refractivity contribution in [2.45, 2.75) is 31.6 Å². The lowest BCUT2D eigenvalue weighted by Gasteiger charge is -2.11. The van der Waals surface area contributed by atoms with Gasteiger partial charge in [-0.05, 0) is 43.2 Å². The molecule has 2 aromatic rings. The molecule has 1 heterocycles. The lowest BCUT2D eigenvalue weighted by atomic mass is 9.95. The number of nitrogens with zero attached hydrogens (tertiary/aromatic N) is 2. The molecule has 1 fully saturated rings. The van der Waals surface area contributed by atoms with Crippen LogP contribution in [0.2, 0.25) is 0 Å². The van der Waals surface area contributed by atoms with Gasteiger partial charge in [0.2, 0.25) is 5.69 Å². The molecule has 0 saturated heterocycles. The molecule has 4 rings (SSSR count). The Hall–Kier alpha value is -2.70. The van der Waals surface area contributed by atoms with Crippen molar-refractivity contribution in [3.05, 3.63) is 56.9 Å². The second kappa shape index (κ2) is 5.15. The molecule has 0 aliphatic heterocycles. The molecule has 24 heavy (non-hydrogen) atoms. The number of carbonyl (C=O) groups is 1. The molecule has 1 aromatic carbocycles. The monoisotopic (exact) mass is 326 g/mol. The van der Waals surface area contributed by atoms with Gasteiger partial charge in [0.05, 0.1) is 4.92 Å². The highest BCUT2D eigenvalue weighted by Crippen LogP contribution is 2.61. The van der Waals surface area contributed by atoms with E-state index in [9.17, 15) is 14.9 Å². The Morgan fingerprint density at radius 3 is 3.08 bits per heavy atom. The van der Waals surface area contributed by atoms with E-state index >= 15 is 0 Å². The van der Waals surface area contributed by atoms with Gasteiger partial charge in [-0.3, -0.25) is 20.0 Å². The summed E-state index contributed by atoms with van der Waals surface area (Å²) in [5, 5.41) is 20.2. The predicted molar refractivity (Wildman–Crippen MR) is 86.9 cm³/mol. The summed E-state index contributed by atoms with van der Waals surface area (Å²) in [6.45, 7) is 2.06. The van der Waals surface area contributed by atoms with Crippen molar-refractivity contribution in [3.8, 4) is 0 Å². The molecule has 1 aromatic heterocycles. The predicted octanol–water partition coefficient (Wildman–Crippen LogP) is 2.26. The van der Waals surface area contributed by atoms with Crippen LogP contribution in [0.1, 0.15) is 40.2 Å². The average Bonchev–Trinajstić information content (AvgIpc) is 2.92. The van der Waals surface area contributed by atoms with E-state index in [2.05, 4.69) is 39.8 Å². The van der Waals surface area contributed by atoms with Gasteiger partial charge in [-0.15, -0.1) is 0 Å². The number of nitrogens with one attached hydrogen (secondary N) is 2. The van der Waals surface area contributed by atoms with Gasteiger partial charge < -0.3 is 5.32 Å². The molecule has 1 saturated carbocycles. The molecule has 7 nitrogen and oxygen atoms in total. The topological polar surface area (TPSA) is 101 Å². The molecule has 0 unspecified atom stereocenters. The summed E-state index contributed by atoms with van der Waals surface area (Å²) in [7, 11) is 0. The lowest BCUT2D eigenvalue weighted by Crippen LogP contribution is -2.28. The highest BCUT2D eigenvalue weighted by molar-refractivity contribution is 5.96. The maximum Gasteiger partial charge on any atom is 0.322 e. The molecule has 124 valence electrons. The number of aryl methyl sites for hydroxylation is 2. The van der Waals surface area contributed by atoms with E-state index in [-0.39, 0.29) is 22.5 Å². The van der Waals surface area contributed by atoms with E-state index < -0.39 is 10.8 Å². The van der Waals surface area contributed by atoms with Crippen molar-refractivity contribution in [1.82, 2.24) is 15.5 Å². The Morgan fingerprint density at radius 2 is 2.29 bits per heavy atom. The van der Waals surface area contributed by atoms with Crippen LogP contribution >= 0.6 is 0 Å². The summed E-state index contributed by atoms with van der Waals surface area (Å²) < 4.78 is 0. The first kappa shape index (κ1) is 14.9. The molecule has 2 atom stereocenters. The van der Waals surface area contributed by atoms with Crippen molar-refractivity contribution >= 4 is 11.6 Å². The first-order chi connectivity index (χ1) is 11.5. The summed E-state index contributed by atoms with van der Waals surface area (Å²) in [4.78, 5) is 22.8. The maximum atomic E-state index is 12.3. The highest BCUT2D eigenvalue weighted by atomic mass is 16.6. The van der Waals surface area contributed by atoms with Crippen molar-refractivity contribution < 1.29 is 9.72 Å². The van der Waals surface area contributed by atoms with Crippen LogP contribution in [-0.4, -0.2) is 27.6 Å². The van der Waals surface area contributed by atoms with Crippen LogP contribution in [0.15, 0.2) is 24.3 Å². The number of hydrogen-bond acceptors (Lipinski definition) is 4. The smallest absolute Gasteiger partial charge is 0.322 e. The third kappa shape index (κ3) is 2.11. The second-order valence-electron chi connectivity index (χ2n) is 6.73. The molecule has 2 aliphatic carbocycles. The fourth-order valence-corrected chi connectivity index (χ4v) is 4.11. The summed E-state index contributed by atoms with van der Waals surface area (Å²) in [6, 6.07) is 8.49. The standard InChI is InChI=1S/C17H18N4O3/c1-10-15(21(23)24)14(20-19-10)16(22)18-9-12-8-17(12)7-6-11-4-2-3-5-13(11)17/h2-5,12H,6-9H2,1H3,(H,18,22)(H,19,20)/t12-,17-/m1/s1. The number of carbonyl (C=O) groups excluding carboxylic acids is 1. The van der Waals surface area contributed by atoms with E-state index in [0.29, 0.717) is 12.5 Å². The van der Waals surface area contributed by atoms with Crippen LogP contribution in [0.3, 0.4) is 0 Å². The summed E-state index contributed by atoms with van der Waals surface area (Å²) in [5.41, 5.74) is 2.91. The van der Waals surface area contributed by atoms with Gasteiger partial charge in [0.25, 0.3) is 5.91 Å². The third-order valence-electron chi connectivity index (χ3n) is 5.45. The van der Waals surface area contributed by atoms with Gasteiger partial charge in [0.1, 0.15) is 5.69 Å². The van der Waals surface area contributed by atoms with Crippen LogP contribution in [0.5, 0.6) is 0 Å². The van der Waals surface area contributed by atoms with E-state index in [1.807, 2.05) is 0 Å². The average molecular weight is 326 g/mol. The van der Waals surface area contributed by atoms with E-state index in [1.165, 1.54) is 18.1 Å². The van der Waals surface area contributed by atoms with Crippen LogP contribution in [0.4, 0.5) is 5.69 Å². The van der Waals surface area contributed by atoms with Crippen molar-refractivity contribution in [1.29, 1.82) is 0 Å². The van der Waals surface area contributed by atoms with Gasteiger partial charge >= 0.3 is 5.69 Å². The third-order valence-corrected chi connectivity index (χ3v) is 5.45. The number of benzene rings is 1. The number of aromatic amines is 1.